The van der Waals surface area contributed by atoms with E-state index in [-0.39, 0.29) is 24.7 Å². The maximum atomic E-state index is 13.7. The lowest BCUT2D eigenvalue weighted by Gasteiger charge is -2.28. The minimum atomic E-state index is -2.56. The molecule has 0 atom stereocenters. The molecule has 6 heteroatoms. The smallest absolute Gasteiger partial charge is 0.248 e. The van der Waals surface area contributed by atoms with Crippen LogP contribution in [-0.2, 0) is 0 Å². The van der Waals surface area contributed by atoms with Crippen molar-refractivity contribution in [1.82, 2.24) is 9.78 Å². The van der Waals surface area contributed by atoms with Gasteiger partial charge < -0.3 is 0 Å². The molecule has 1 aromatic carbocycles. The summed E-state index contributed by atoms with van der Waals surface area (Å²) < 4.78 is 42.4. The maximum absolute atomic E-state index is 13.7. The maximum Gasteiger partial charge on any atom is 0.248 e. The monoisotopic (exact) mass is 332 g/mol. The molecule has 1 aromatic heterocycles. The molecule has 1 aliphatic rings. The zero-order chi connectivity index (χ0) is 13.6. The molecule has 1 heterocycles. The molecule has 1 saturated carbocycles. The summed E-state index contributed by atoms with van der Waals surface area (Å²) in [5, 5.41) is 4.61. The van der Waals surface area contributed by atoms with Crippen molar-refractivity contribution in [1.29, 1.82) is 0 Å². The number of benzene rings is 1. The molecule has 0 amide bonds. The minimum Gasteiger partial charge on any atom is -0.262 e. The van der Waals surface area contributed by atoms with Crippen LogP contribution < -0.4 is 0 Å². The van der Waals surface area contributed by atoms with Gasteiger partial charge in [0.05, 0.1) is 23.1 Å². The lowest BCUT2D eigenvalue weighted by Crippen LogP contribution is -2.26. The minimum absolute atomic E-state index is 0.0779. The average molecular weight is 333 g/mol. The Morgan fingerprint density at radius 2 is 1.95 bits per heavy atom. The van der Waals surface area contributed by atoms with Gasteiger partial charge in [-0.1, -0.05) is 15.9 Å². The molecule has 0 spiro atoms. The fraction of sp³-hybridized carbons (Fsp3) is 0.462. The van der Waals surface area contributed by atoms with Gasteiger partial charge in [0.1, 0.15) is 5.82 Å². The molecule has 0 radical (unpaired) electrons. The fourth-order valence-electron chi connectivity index (χ4n) is 2.63. The van der Waals surface area contributed by atoms with Crippen molar-refractivity contribution in [3.8, 4) is 0 Å². The Kier molecular flexibility index (Phi) is 3.08. The van der Waals surface area contributed by atoms with Gasteiger partial charge >= 0.3 is 0 Å². The molecule has 0 bridgehead atoms. The molecule has 19 heavy (non-hydrogen) atoms. The van der Waals surface area contributed by atoms with E-state index in [4.69, 9.17) is 0 Å². The van der Waals surface area contributed by atoms with Crippen molar-refractivity contribution >= 4 is 26.8 Å². The van der Waals surface area contributed by atoms with Crippen LogP contribution in [-0.4, -0.2) is 15.7 Å². The third-order valence-corrected chi connectivity index (χ3v) is 4.12. The molecule has 102 valence electrons. The van der Waals surface area contributed by atoms with Crippen molar-refractivity contribution in [2.75, 3.05) is 0 Å². The quantitative estimate of drug-likeness (QED) is 0.740. The van der Waals surface area contributed by atoms with Crippen LogP contribution in [0.25, 0.3) is 10.9 Å². The van der Waals surface area contributed by atoms with Gasteiger partial charge in [-0.05, 0) is 25.0 Å². The molecule has 3 rings (SSSR count). The third-order valence-electron chi connectivity index (χ3n) is 3.66. The summed E-state index contributed by atoms with van der Waals surface area (Å²) in [5.41, 5.74) is 0.655. The van der Waals surface area contributed by atoms with Gasteiger partial charge in [0.15, 0.2) is 0 Å². The van der Waals surface area contributed by atoms with Crippen molar-refractivity contribution in [3.63, 3.8) is 0 Å². The predicted molar refractivity (Wildman–Crippen MR) is 69.8 cm³/mol. The number of fused-ring (bicyclic) bond motifs is 1. The SMILES string of the molecule is Fc1cc(Br)cc2c1cnn2C1CCC(F)(F)CC1. The van der Waals surface area contributed by atoms with E-state index in [1.165, 1.54) is 12.3 Å². The second-order valence-electron chi connectivity index (χ2n) is 5.00. The van der Waals surface area contributed by atoms with E-state index in [2.05, 4.69) is 21.0 Å². The number of rotatable bonds is 1. The number of alkyl halides is 2. The highest BCUT2D eigenvalue weighted by Gasteiger charge is 2.36. The van der Waals surface area contributed by atoms with Crippen LogP contribution in [0.4, 0.5) is 13.2 Å². The van der Waals surface area contributed by atoms with Gasteiger partial charge in [-0.3, -0.25) is 4.68 Å². The lowest BCUT2D eigenvalue weighted by atomic mass is 9.92. The zero-order valence-corrected chi connectivity index (χ0v) is 11.6. The van der Waals surface area contributed by atoms with E-state index in [1.54, 1.807) is 10.7 Å². The Labute approximate surface area is 116 Å². The van der Waals surface area contributed by atoms with Gasteiger partial charge in [-0.15, -0.1) is 0 Å². The Morgan fingerprint density at radius 3 is 2.63 bits per heavy atom. The summed E-state index contributed by atoms with van der Waals surface area (Å²) in [6.45, 7) is 0. The van der Waals surface area contributed by atoms with Crippen LogP contribution in [0.5, 0.6) is 0 Å². The molecule has 2 nitrogen and oxygen atoms in total. The second kappa shape index (κ2) is 4.51. The van der Waals surface area contributed by atoms with E-state index in [0.717, 1.165) is 0 Å². The summed E-state index contributed by atoms with van der Waals surface area (Å²) in [7, 11) is 0. The highest BCUT2D eigenvalue weighted by atomic mass is 79.9. The summed E-state index contributed by atoms with van der Waals surface area (Å²) in [5.74, 6) is -2.91. The first-order chi connectivity index (χ1) is 8.96. The second-order valence-corrected chi connectivity index (χ2v) is 5.91. The van der Waals surface area contributed by atoms with Gasteiger partial charge in [0.2, 0.25) is 5.92 Å². The molecule has 2 aromatic rings. The molecular formula is C13H12BrF3N2. The average Bonchev–Trinajstić information content (AvgIpc) is 2.73. The summed E-state index contributed by atoms with van der Waals surface area (Å²) >= 11 is 3.24. The summed E-state index contributed by atoms with van der Waals surface area (Å²) in [4.78, 5) is 0. The normalized spacial score (nSPS) is 20.0. The topological polar surface area (TPSA) is 17.8 Å². The van der Waals surface area contributed by atoms with Crippen molar-refractivity contribution in [2.45, 2.75) is 37.6 Å². The van der Waals surface area contributed by atoms with Crippen molar-refractivity contribution in [2.24, 2.45) is 0 Å². The van der Waals surface area contributed by atoms with Crippen molar-refractivity contribution < 1.29 is 13.2 Å². The van der Waals surface area contributed by atoms with Crippen LogP contribution in [0.3, 0.4) is 0 Å². The van der Waals surface area contributed by atoms with Crippen LogP contribution in [0, 0.1) is 5.82 Å². The molecule has 0 saturated heterocycles. The predicted octanol–water partition coefficient (Wildman–Crippen LogP) is 4.69. The molecule has 0 aliphatic heterocycles. The van der Waals surface area contributed by atoms with Crippen LogP contribution >= 0.6 is 15.9 Å². The van der Waals surface area contributed by atoms with Crippen LogP contribution in [0.15, 0.2) is 22.8 Å². The summed E-state index contributed by atoms with van der Waals surface area (Å²) in [6.07, 6.45) is 1.95. The van der Waals surface area contributed by atoms with Crippen molar-refractivity contribution in [3.05, 3.63) is 28.6 Å². The van der Waals surface area contributed by atoms with E-state index in [9.17, 15) is 13.2 Å². The Balaban J connectivity index is 1.98. The molecule has 1 aliphatic carbocycles. The molecule has 0 unspecified atom stereocenters. The first-order valence-electron chi connectivity index (χ1n) is 6.16. The lowest BCUT2D eigenvalue weighted by molar-refractivity contribution is -0.0446. The van der Waals surface area contributed by atoms with Gasteiger partial charge in [-0.2, -0.15) is 5.10 Å². The fourth-order valence-corrected chi connectivity index (χ4v) is 3.05. The van der Waals surface area contributed by atoms with Gasteiger partial charge in [0.25, 0.3) is 0 Å². The summed E-state index contributed by atoms with van der Waals surface area (Å²) in [6, 6.07) is 3.08. The molecule has 1 fully saturated rings. The van der Waals surface area contributed by atoms with Gasteiger partial charge in [-0.25, -0.2) is 13.2 Å². The van der Waals surface area contributed by atoms with Crippen LogP contribution in [0.1, 0.15) is 31.7 Å². The highest BCUT2D eigenvalue weighted by molar-refractivity contribution is 9.10. The number of nitrogens with zero attached hydrogens (tertiary/aromatic N) is 2. The molecular weight excluding hydrogens is 321 g/mol. The Morgan fingerprint density at radius 1 is 1.26 bits per heavy atom. The Hall–Kier alpha value is -1.04. The highest BCUT2D eigenvalue weighted by Crippen LogP contribution is 2.39. The van der Waals surface area contributed by atoms with E-state index >= 15 is 0 Å². The van der Waals surface area contributed by atoms with E-state index in [0.29, 0.717) is 28.2 Å². The van der Waals surface area contributed by atoms with Gasteiger partial charge in [0, 0.05) is 17.3 Å². The number of aromatic nitrogens is 2. The molecule has 0 N–H and O–H groups in total. The third kappa shape index (κ3) is 2.38. The number of hydrogen-bond acceptors (Lipinski definition) is 1. The zero-order valence-electron chi connectivity index (χ0n) is 10.0. The van der Waals surface area contributed by atoms with E-state index < -0.39 is 5.92 Å². The Bertz CT molecular complexity index is 614. The largest absolute Gasteiger partial charge is 0.262 e. The van der Waals surface area contributed by atoms with E-state index in [1.807, 2.05) is 0 Å². The van der Waals surface area contributed by atoms with Crippen LogP contribution in [0.2, 0.25) is 0 Å². The number of hydrogen-bond donors (Lipinski definition) is 0. The standard InChI is InChI=1S/C13H12BrF3N2/c14-8-5-11(15)10-7-18-19(12(10)6-8)9-1-3-13(16,17)4-2-9/h5-7,9H,1-4H2. The first-order valence-corrected chi connectivity index (χ1v) is 6.96. The first kappa shape index (κ1) is 13.0. The number of halogens is 4.